The average Bonchev–Trinajstić information content (AvgIpc) is 2.91. The van der Waals surface area contributed by atoms with Crippen molar-refractivity contribution in [2.24, 2.45) is 0 Å². The molecule has 0 unspecified atom stereocenters. The molecule has 5 heteroatoms. The van der Waals surface area contributed by atoms with Gasteiger partial charge in [-0.25, -0.2) is 0 Å². The Labute approximate surface area is 112 Å². The average molecular weight is 253 g/mol. The van der Waals surface area contributed by atoms with E-state index in [-0.39, 0.29) is 0 Å². The Bertz CT molecular complexity index is 599. The fraction of sp³-hybridized carbons (Fsp3) is 0.357. The molecule has 1 N–H and O–H groups in total. The first-order valence-corrected chi connectivity index (χ1v) is 6.22. The minimum atomic E-state index is 0.477. The summed E-state index contributed by atoms with van der Waals surface area (Å²) in [5.41, 5.74) is 2.17. The highest BCUT2D eigenvalue weighted by molar-refractivity contribution is 5.81. The van der Waals surface area contributed by atoms with E-state index in [1.54, 1.807) is 6.20 Å². The number of aromatic nitrogens is 2. The van der Waals surface area contributed by atoms with Gasteiger partial charge in [0.25, 0.3) is 0 Å². The van der Waals surface area contributed by atoms with Crippen LogP contribution in [0.5, 0.6) is 0 Å². The molecule has 1 heterocycles. The molecule has 0 amide bonds. The van der Waals surface area contributed by atoms with Crippen LogP contribution in [0.15, 0.2) is 24.4 Å². The molecule has 0 fully saturated rings. The van der Waals surface area contributed by atoms with Gasteiger partial charge in [0.05, 0.1) is 23.9 Å². The number of fused-ring (bicyclic) bond motifs is 1. The summed E-state index contributed by atoms with van der Waals surface area (Å²) in [6, 6.07) is 10.4. The van der Waals surface area contributed by atoms with Crippen molar-refractivity contribution < 1.29 is 0 Å². The minimum Gasteiger partial charge on any atom is -0.297 e. The third-order valence-corrected chi connectivity index (χ3v) is 3.04. The van der Waals surface area contributed by atoms with Crippen molar-refractivity contribution in [2.45, 2.75) is 19.4 Å². The van der Waals surface area contributed by atoms with Gasteiger partial charge in [0, 0.05) is 37.9 Å². The Morgan fingerprint density at radius 1 is 1.16 bits per heavy atom. The van der Waals surface area contributed by atoms with Gasteiger partial charge in [-0.3, -0.25) is 10.00 Å². The molecule has 0 atom stereocenters. The molecule has 1 aromatic carbocycles. The van der Waals surface area contributed by atoms with E-state index in [2.05, 4.69) is 27.2 Å². The molecule has 0 radical (unpaired) electrons. The second kappa shape index (κ2) is 6.53. The summed E-state index contributed by atoms with van der Waals surface area (Å²) in [6.07, 6.45) is 2.75. The highest BCUT2D eigenvalue weighted by Crippen LogP contribution is 2.17. The molecule has 0 saturated heterocycles. The molecule has 2 rings (SSSR count). The number of hydrogen-bond acceptors (Lipinski definition) is 4. The molecule has 96 valence electrons. The maximum atomic E-state index is 8.69. The minimum absolute atomic E-state index is 0.477. The van der Waals surface area contributed by atoms with Crippen LogP contribution in [0.25, 0.3) is 10.9 Å². The zero-order valence-corrected chi connectivity index (χ0v) is 10.6. The number of nitrogens with zero attached hydrogens (tertiary/aromatic N) is 4. The van der Waals surface area contributed by atoms with E-state index in [0.29, 0.717) is 25.9 Å². The molecule has 1 aromatic heterocycles. The van der Waals surface area contributed by atoms with Gasteiger partial charge in [-0.1, -0.05) is 18.2 Å². The Hall–Kier alpha value is -2.37. The molecule has 0 aliphatic carbocycles. The van der Waals surface area contributed by atoms with Crippen molar-refractivity contribution in [1.29, 1.82) is 10.5 Å². The van der Waals surface area contributed by atoms with E-state index in [9.17, 15) is 0 Å². The van der Waals surface area contributed by atoms with E-state index in [1.807, 2.05) is 18.2 Å². The first kappa shape index (κ1) is 13.1. The van der Waals surface area contributed by atoms with Crippen molar-refractivity contribution >= 4 is 10.9 Å². The number of para-hydroxylation sites is 1. The van der Waals surface area contributed by atoms with Crippen molar-refractivity contribution in [2.75, 3.05) is 13.1 Å². The lowest BCUT2D eigenvalue weighted by Crippen LogP contribution is -2.25. The molecule has 0 spiro atoms. The summed E-state index contributed by atoms with van der Waals surface area (Å²) < 4.78 is 0. The maximum Gasteiger partial charge on any atom is 0.0695 e. The summed E-state index contributed by atoms with van der Waals surface area (Å²) >= 11 is 0. The SMILES string of the molecule is N#CCCN(CCC#N)Cc1cccc2cn[nH]c12. The van der Waals surface area contributed by atoms with Crippen LogP contribution in [0, 0.1) is 22.7 Å². The van der Waals surface area contributed by atoms with Crippen LogP contribution in [0.2, 0.25) is 0 Å². The first-order chi connectivity index (χ1) is 9.35. The normalized spacial score (nSPS) is 10.5. The number of benzene rings is 1. The number of nitriles is 2. The molecular weight excluding hydrogens is 238 g/mol. The van der Waals surface area contributed by atoms with Crippen molar-refractivity contribution in [3.8, 4) is 12.1 Å². The lowest BCUT2D eigenvalue weighted by Gasteiger charge is -2.20. The Balaban J connectivity index is 2.13. The fourth-order valence-corrected chi connectivity index (χ4v) is 2.09. The number of H-pyrrole nitrogens is 1. The summed E-state index contributed by atoms with van der Waals surface area (Å²) in [5.74, 6) is 0. The number of hydrogen-bond donors (Lipinski definition) is 1. The molecule has 5 nitrogen and oxygen atoms in total. The summed E-state index contributed by atoms with van der Waals surface area (Å²) in [5, 5.41) is 25.5. The fourth-order valence-electron chi connectivity index (χ4n) is 2.09. The standard InChI is InChI=1S/C14H15N5/c15-6-2-8-19(9-3-7-16)11-13-5-1-4-12-10-17-18-14(12)13/h1,4-5,10H,2-3,8-9,11H2,(H,17,18). The number of rotatable bonds is 6. The van der Waals surface area contributed by atoms with Crippen LogP contribution in [0.4, 0.5) is 0 Å². The quantitative estimate of drug-likeness (QED) is 0.855. The monoisotopic (exact) mass is 253 g/mol. The van der Waals surface area contributed by atoms with Crippen molar-refractivity contribution in [3.63, 3.8) is 0 Å². The molecule has 19 heavy (non-hydrogen) atoms. The van der Waals surface area contributed by atoms with Crippen LogP contribution in [0.1, 0.15) is 18.4 Å². The lowest BCUT2D eigenvalue weighted by atomic mass is 10.1. The Kier molecular flexibility index (Phi) is 4.49. The lowest BCUT2D eigenvalue weighted by molar-refractivity contribution is 0.279. The molecule has 0 bridgehead atoms. The molecule has 0 aliphatic heterocycles. The van der Waals surface area contributed by atoms with E-state index in [4.69, 9.17) is 10.5 Å². The second-order valence-corrected chi connectivity index (χ2v) is 4.34. The highest BCUT2D eigenvalue weighted by atomic mass is 15.1. The molecule has 0 saturated carbocycles. The van der Waals surface area contributed by atoms with E-state index >= 15 is 0 Å². The van der Waals surface area contributed by atoms with Crippen molar-refractivity contribution in [1.82, 2.24) is 15.1 Å². The Morgan fingerprint density at radius 2 is 1.89 bits per heavy atom. The molecular formula is C14H15N5. The van der Waals surface area contributed by atoms with Crippen LogP contribution in [-0.4, -0.2) is 28.2 Å². The maximum absolute atomic E-state index is 8.69. The topological polar surface area (TPSA) is 79.5 Å². The smallest absolute Gasteiger partial charge is 0.0695 e. The van der Waals surface area contributed by atoms with Gasteiger partial charge in [0.15, 0.2) is 0 Å². The highest BCUT2D eigenvalue weighted by Gasteiger charge is 2.09. The van der Waals surface area contributed by atoms with Crippen LogP contribution in [-0.2, 0) is 6.54 Å². The largest absolute Gasteiger partial charge is 0.297 e. The summed E-state index contributed by atoms with van der Waals surface area (Å²) in [6.45, 7) is 2.09. The van der Waals surface area contributed by atoms with Gasteiger partial charge in [-0.05, 0) is 5.56 Å². The first-order valence-electron chi connectivity index (χ1n) is 6.22. The zero-order valence-electron chi connectivity index (χ0n) is 10.6. The predicted octanol–water partition coefficient (Wildman–Crippen LogP) is 2.19. The number of aromatic amines is 1. The van der Waals surface area contributed by atoms with Crippen LogP contribution in [0.3, 0.4) is 0 Å². The van der Waals surface area contributed by atoms with Gasteiger partial charge in [-0.2, -0.15) is 15.6 Å². The summed E-state index contributed by atoms with van der Waals surface area (Å²) in [4.78, 5) is 2.13. The zero-order chi connectivity index (χ0) is 13.5. The third-order valence-electron chi connectivity index (χ3n) is 3.04. The number of nitrogens with one attached hydrogen (secondary N) is 1. The van der Waals surface area contributed by atoms with E-state index in [1.165, 1.54) is 0 Å². The second-order valence-electron chi connectivity index (χ2n) is 4.34. The molecule has 2 aromatic rings. The van der Waals surface area contributed by atoms with Gasteiger partial charge in [0.2, 0.25) is 0 Å². The summed E-state index contributed by atoms with van der Waals surface area (Å²) in [7, 11) is 0. The van der Waals surface area contributed by atoms with Gasteiger partial charge < -0.3 is 0 Å². The van der Waals surface area contributed by atoms with Gasteiger partial charge in [-0.15, -0.1) is 0 Å². The van der Waals surface area contributed by atoms with Crippen molar-refractivity contribution in [3.05, 3.63) is 30.0 Å². The van der Waals surface area contributed by atoms with Crippen LogP contribution >= 0.6 is 0 Å². The van der Waals surface area contributed by atoms with Gasteiger partial charge in [0.1, 0.15) is 0 Å². The Morgan fingerprint density at radius 3 is 2.58 bits per heavy atom. The predicted molar refractivity (Wildman–Crippen MR) is 71.8 cm³/mol. The molecule has 0 aliphatic rings. The van der Waals surface area contributed by atoms with Crippen LogP contribution < -0.4 is 0 Å². The van der Waals surface area contributed by atoms with Gasteiger partial charge >= 0.3 is 0 Å². The van der Waals surface area contributed by atoms with E-state index in [0.717, 1.165) is 23.0 Å². The van der Waals surface area contributed by atoms with E-state index < -0.39 is 0 Å². The third kappa shape index (κ3) is 3.31.